The molecule has 0 radical (unpaired) electrons. The van der Waals surface area contributed by atoms with Gasteiger partial charge in [-0.15, -0.1) is 23.1 Å². The lowest BCUT2D eigenvalue weighted by Crippen LogP contribution is -1.75. The fraction of sp³-hybridized carbons (Fsp3) is 0.200. The van der Waals surface area contributed by atoms with Crippen molar-refractivity contribution in [3.8, 4) is 0 Å². The summed E-state index contributed by atoms with van der Waals surface area (Å²) >= 11 is 9.40. The van der Waals surface area contributed by atoms with Crippen molar-refractivity contribution in [2.24, 2.45) is 0 Å². The van der Waals surface area contributed by atoms with E-state index in [1.54, 1.807) is 23.1 Å². The molecule has 0 aliphatic carbocycles. The predicted molar refractivity (Wildman–Crippen MR) is 63.4 cm³/mol. The minimum Gasteiger partial charge on any atom is -0.129 e. The Kier molecular flexibility index (Phi) is 2.54. The van der Waals surface area contributed by atoms with Gasteiger partial charge in [0.2, 0.25) is 0 Å². The van der Waals surface area contributed by atoms with Gasteiger partial charge in [-0.25, -0.2) is 0 Å². The standard InChI is InChI=1S/C10H9ClS2/c1-6-3-8(12-2)7-5-10(11)13-9(7)4-6/h3-5H,1-2H3. The van der Waals surface area contributed by atoms with Crippen LogP contribution < -0.4 is 0 Å². The summed E-state index contributed by atoms with van der Waals surface area (Å²) in [5, 5.41) is 1.29. The molecule has 0 bridgehead atoms. The highest BCUT2D eigenvalue weighted by molar-refractivity contribution is 7.98. The Morgan fingerprint density at radius 3 is 2.77 bits per heavy atom. The third-order valence-electron chi connectivity index (χ3n) is 1.93. The zero-order valence-electron chi connectivity index (χ0n) is 7.43. The SMILES string of the molecule is CSc1cc(C)cc2sc(Cl)cc12. The number of rotatable bonds is 1. The van der Waals surface area contributed by atoms with E-state index in [4.69, 9.17) is 11.6 Å². The number of benzene rings is 1. The van der Waals surface area contributed by atoms with Gasteiger partial charge < -0.3 is 0 Å². The van der Waals surface area contributed by atoms with Gasteiger partial charge in [-0.05, 0) is 36.9 Å². The Bertz CT molecular complexity index is 445. The second kappa shape index (κ2) is 3.52. The second-order valence-electron chi connectivity index (χ2n) is 2.93. The van der Waals surface area contributed by atoms with Crippen LogP contribution in [0.2, 0.25) is 4.34 Å². The lowest BCUT2D eigenvalue weighted by atomic mass is 10.2. The van der Waals surface area contributed by atoms with Crippen LogP contribution in [0.25, 0.3) is 10.1 Å². The number of thiophene rings is 1. The molecule has 0 saturated heterocycles. The molecule has 0 aliphatic rings. The quantitative estimate of drug-likeness (QED) is 0.644. The molecule has 1 heterocycles. The monoisotopic (exact) mass is 228 g/mol. The average Bonchev–Trinajstić information content (AvgIpc) is 2.43. The van der Waals surface area contributed by atoms with Crippen LogP contribution in [-0.4, -0.2) is 6.26 Å². The normalized spacial score (nSPS) is 11.0. The minimum absolute atomic E-state index is 0.871. The zero-order valence-corrected chi connectivity index (χ0v) is 9.82. The van der Waals surface area contributed by atoms with Gasteiger partial charge in [0.1, 0.15) is 0 Å². The van der Waals surface area contributed by atoms with E-state index in [0.717, 1.165) is 4.34 Å². The van der Waals surface area contributed by atoms with Crippen LogP contribution >= 0.6 is 34.7 Å². The molecule has 0 aliphatic heterocycles. The summed E-state index contributed by atoms with van der Waals surface area (Å²) in [7, 11) is 0. The molecule has 3 heteroatoms. The molecule has 1 aromatic carbocycles. The van der Waals surface area contributed by atoms with Crippen LogP contribution in [0, 0.1) is 6.92 Å². The zero-order chi connectivity index (χ0) is 9.42. The molecular weight excluding hydrogens is 220 g/mol. The van der Waals surface area contributed by atoms with Gasteiger partial charge in [0.25, 0.3) is 0 Å². The molecule has 0 saturated carbocycles. The van der Waals surface area contributed by atoms with Gasteiger partial charge >= 0.3 is 0 Å². The maximum Gasteiger partial charge on any atom is 0.0941 e. The van der Waals surface area contributed by atoms with E-state index in [-0.39, 0.29) is 0 Å². The molecule has 0 nitrogen and oxygen atoms in total. The maximum atomic E-state index is 5.97. The molecule has 0 fully saturated rings. The molecule has 68 valence electrons. The van der Waals surface area contributed by atoms with E-state index in [2.05, 4.69) is 25.3 Å². The van der Waals surface area contributed by atoms with E-state index < -0.39 is 0 Å². The summed E-state index contributed by atoms with van der Waals surface area (Å²) in [6, 6.07) is 6.44. The van der Waals surface area contributed by atoms with Crippen LogP contribution in [-0.2, 0) is 0 Å². The van der Waals surface area contributed by atoms with E-state index >= 15 is 0 Å². The lowest BCUT2D eigenvalue weighted by molar-refractivity contribution is 1.43. The first-order chi connectivity index (χ1) is 6.20. The Hall–Kier alpha value is -0.180. The van der Waals surface area contributed by atoms with Crippen molar-refractivity contribution in [1.29, 1.82) is 0 Å². The smallest absolute Gasteiger partial charge is 0.0941 e. The van der Waals surface area contributed by atoms with Gasteiger partial charge in [0.05, 0.1) is 4.34 Å². The van der Waals surface area contributed by atoms with Crippen molar-refractivity contribution in [2.45, 2.75) is 11.8 Å². The molecule has 1 aromatic heterocycles. The number of thioether (sulfide) groups is 1. The van der Waals surface area contributed by atoms with Crippen molar-refractivity contribution in [1.82, 2.24) is 0 Å². The van der Waals surface area contributed by atoms with Crippen molar-refractivity contribution in [3.05, 3.63) is 28.1 Å². The van der Waals surface area contributed by atoms with Crippen molar-refractivity contribution < 1.29 is 0 Å². The number of fused-ring (bicyclic) bond motifs is 1. The molecule has 2 rings (SSSR count). The highest BCUT2D eigenvalue weighted by atomic mass is 35.5. The summed E-state index contributed by atoms with van der Waals surface area (Å²) in [6.07, 6.45) is 2.10. The Balaban J connectivity index is 2.80. The summed E-state index contributed by atoms with van der Waals surface area (Å²) in [6.45, 7) is 2.12. The van der Waals surface area contributed by atoms with Crippen LogP contribution in [0.4, 0.5) is 0 Å². The second-order valence-corrected chi connectivity index (χ2v) is 5.49. The molecule has 0 spiro atoms. The first-order valence-corrected chi connectivity index (χ1v) is 6.36. The number of hydrogen-bond acceptors (Lipinski definition) is 2. The highest BCUT2D eigenvalue weighted by Gasteiger charge is 2.05. The van der Waals surface area contributed by atoms with E-state index in [0.29, 0.717) is 0 Å². The molecule has 2 aromatic rings. The van der Waals surface area contributed by atoms with Gasteiger partial charge in [-0.1, -0.05) is 11.6 Å². The molecule has 13 heavy (non-hydrogen) atoms. The molecule has 0 N–H and O–H groups in total. The van der Waals surface area contributed by atoms with E-state index in [9.17, 15) is 0 Å². The Morgan fingerprint density at radius 1 is 1.31 bits per heavy atom. The van der Waals surface area contributed by atoms with Crippen LogP contribution in [0.15, 0.2) is 23.1 Å². The first-order valence-electron chi connectivity index (χ1n) is 3.94. The maximum absolute atomic E-state index is 5.97. The lowest BCUT2D eigenvalue weighted by Gasteiger charge is -2.00. The number of aryl methyl sites for hydroxylation is 1. The third-order valence-corrected chi connectivity index (χ3v) is 3.92. The van der Waals surface area contributed by atoms with Crippen LogP contribution in [0.5, 0.6) is 0 Å². The summed E-state index contributed by atoms with van der Waals surface area (Å²) in [5.41, 5.74) is 1.30. The summed E-state index contributed by atoms with van der Waals surface area (Å²) in [5.74, 6) is 0. The van der Waals surface area contributed by atoms with E-state index in [1.807, 2.05) is 6.07 Å². The van der Waals surface area contributed by atoms with Crippen molar-refractivity contribution >= 4 is 44.8 Å². The van der Waals surface area contributed by atoms with Gasteiger partial charge in [0, 0.05) is 15.0 Å². The van der Waals surface area contributed by atoms with Crippen LogP contribution in [0.3, 0.4) is 0 Å². The Morgan fingerprint density at radius 2 is 2.08 bits per heavy atom. The number of hydrogen-bond donors (Lipinski definition) is 0. The average molecular weight is 229 g/mol. The van der Waals surface area contributed by atoms with Gasteiger partial charge in [-0.3, -0.25) is 0 Å². The Labute approximate surface area is 90.9 Å². The first kappa shape index (κ1) is 9.38. The topological polar surface area (TPSA) is 0 Å². The van der Waals surface area contributed by atoms with Crippen molar-refractivity contribution in [3.63, 3.8) is 0 Å². The van der Waals surface area contributed by atoms with Crippen molar-refractivity contribution in [2.75, 3.05) is 6.26 Å². The molecule has 0 amide bonds. The third kappa shape index (κ3) is 1.71. The van der Waals surface area contributed by atoms with E-state index in [1.165, 1.54) is 20.5 Å². The van der Waals surface area contributed by atoms with Gasteiger partial charge in [-0.2, -0.15) is 0 Å². The predicted octanol–water partition coefficient (Wildman–Crippen LogP) is 4.59. The summed E-state index contributed by atoms with van der Waals surface area (Å²) in [4.78, 5) is 1.32. The largest absolute Gasteiger partial charge is 0.129 e. The fourth-order valence-electron chi connectivity index (χ4n) is 1.38. The highest BCUT2D eigenvalue weighted by Crippen LogP contribution is 2.35. The molecule has 0 unspecified atom stereocenters. The van der Waals surface area contributed by atoms with Gasteiger partial charge in [0.15, 0.2) is 0 Å². The minimum atomic E-state index is 0.871. The summed E-state index contributed by atoms with van der Waals surface area (Å²) < 4.78 is 2.16. The van der Waals surface area contributed by atoms with Crippen LogP contribution in [0.1, 0.15) is 5.56 Å². The fourth-order valence-corrected chi connectivity index (χ4v) is 3.40. The number of halogens is 1. The molecule has 0 atom stereocenters. The molecular formula is C10H9ClS2.